The summed E-state index contributed by atoms with van der Waals surface area (Å²) >= 11 is 0. The monoisotopic (exact) mass is 310 g/mol. The van der Waals surface area contributed by atoms with Gasteiger partial charge in [-0.2, -0.15) is 0 Å². The SMILES string of the molecule is CCOC(CCNC(=NC)NCc1nnc(C)n1C)C(C)C. The first-order valence-corrected chi connectivity index (χ1v) is 7.90. The molecule has 0 saturated carbocycles. The van der Waals surface area contributed by atoms with E-state index >= 15 is 0 Å². The Labute approximate surface area is 133 Å². The summed E-state index contributed by atoms with van der Waals surface area (Å²) in [6.45, 7) is 10.5. The van der Waals surface area contributed by atoms with Gasteiger partial charge in [-0.25, -0.2) is 0 Å². The van der Waals surface area contributed by atoms with Gasteiger partial charge in [0.25, 0.3) is 0 Å². The summed E-state index contributed by atoms with van der Waals surface area (Å²) in [7, 11) is 3.72. The molecular weight excluding hydrogens is 280 g/mol. The first-order valence-electron chi connectivity index (χ1n) is 7.90. The third-order valence-electron chi connectivity index (χ3n) is 3.67. The van der Waals surface area contributed by atoms with Crippen LogP contribution in [0, 0.1) is 12.8 Å². The van der Waals surface area contributed by atoms with Crippen LogP contribution in [0.4, 0.5) is 0 Å². The maximum Gasteiger partial charge on any atom is 0.191 e. The molecule has 1 unspecified atom stereocenters. The molecule has 2 N–H and O–H groups in total. The van der Waals surface area contributed by atoms with Crippen LogP contribution in [0.5, 0.6) is 0 Å². The fourth-order valence-corrected chi connectivity index (χ4v) is 2.14. The summed E-state index contributed by atoms with van der Waals surface area (Å²) in [5.74, 6) is 3.06. The average molecular weight is 310 g/mol. The predicted molar refractivity (Wildman–Crippen MR) is 88.8 cm³/mol. The molecule has 0 spiro atoms. The zero-order valence-electron chi connectivity index (χ0n) is 14.7. The molecule has 1 aromatic rings. The van der Waals surface area contributed by atoms with Crippen molar-refractivity contribution in [1.82, 2.24) is 25.4 Å². The van der Waals surface area contributed by atoms with Gasteiger partial charge in [0, 0.05) is 27.2 Å². The molecule has 0 aromatic carbocycles. The second-order valence-corrected chi connectivity index (χ2v) is 5.60. The van der Waals surface area contributed by atoms with Gasteiger partial charge in [0.15, 0.2) is 11.8 Å². The minimum Gasteiger partial charge on any atom is -0.378 e. The Morgan fingerprint density at radius 1 is 1.32 bits per heavy atom. The Morgan fingerprint density at radius 2 is 2.05 bits per heavy atom. The lowest BCUT2D eigenvalue weighted by molar-refractivity contribution is 0.0258. The van der Waals surface area contributed by atoms with E-state index in [0.29, 0.717) is 12.5 Å². The highest BCUT2D eigenvalue weighted by Gasteiger charge is 2.13. The Hall–Kier alpha value is -1.63. The highest BCUT2D eigenvalue weighted by molar-refractivity contribution is 5.79. The summed E-state index contributed by atoms with van der Waals surface area (Å²) in [6.07, 6.45) is 1.23. The number of rotatable bonds is 8. The Balaban J connectivity index is 2.38. The third-order valence-corrected chi connectivity index (χ3v) is 3.67. The van der Waals surface area contributed by atoms with Crippen LogP contribution >= 0.6 is 0 Å². The molecule has 0 bridgehead atoms. The first kappa shape index (κ1) is 18.4. The predicted octanol–water partition coefficient (Wildman–Crippen LogP) is 1.24. The second-order valence-electron chi connectivity index (χ2n) is 5.60. The zero-order valence-corrected chi connectivity index (χ0v) is 14.7. The molecule has 7 heteroatoms. The van der Waals surface area contributed by atoms with E-state index in [-0.39, 0.29) is 6.10 Å². The van der Waals surface area contributed by atoms with Crippen LogP contribution in [-0.2, 0) is 18.3 Å². The van der Waals surface area contributed by atoms with E-state index in [2.05, 4.69) is 39.7 Å². The molecule has 0 saturated heterocycles. The van der Waals surface area contributed by atoms with Gasteiger partial charge in [-0.05, 0) is 26.2 Å². The maximum absolute atomic E-state index is 5.74. The lowest BCUT2D eigenvalue weighted by Crippen LogP contribution is -2.39. The quantitative estimate of drug-likeness (QED) is 0.558. The van der Waals surface area contributed by atoms with E-state index < -0.39 is 0 Å². The van der Waals surface area contributed by atoms with Crippen LogP contribution < -0.4 is 10.6 Å². The molecule has 126 valence electrons. The van der Waals surface area contributed by atoms with E-state index in [4.69, 9.17) is 4.74 Å². The standard InChI is InChI=1S/C15H30N6O/c1-7-22-13(11(2)3)8-9-17-15(16-5)18-10-14-20-19-12(4)21(14)6/h11,13H,7-10H2,1-6H3,(H2,16,17,18). The number of hydrogen-bond donors (Lipinski definition) is 2. The van der Waals surface area contributed by atoms with Crippen molar-refractivity contribution in [3.05, 3.63) is 11.6 Å². The van der Waals surface area contributed by atoms with E-state index in [1.54, 1.807) is 7.05 Å². The normalized spacial score (nSPS) is 13.5. The topological polar surface area (TPSA) is 76.4 Å². The molecule has 0 aliphatic heterocycles. The van der Waals surface area contributed by atoms with Gasteiger partial charge in [0.1, 0.15) is 5.82 Å². The molecule has 0 radical (unpaired) electrons. The van der Waals surface area contributed by atoms with E-state index in [1.165, 1.54) is 0 Å². The second kappa shape index (κ2) is 9.40. The smallest absolute Gasteiger partial charge is 0.191 e. The number of ether oxygens (including phenoxy) is 1. The van der Waals surface area contributed by atoms with Crippen LogP contribution in [0.15, 0.2) is 4.99 Å². The van der Waals surface area contributed by atoms with Crippen LogP contribution in [0.25, 0.3) is 0 Å². The fraction of sp³-hybridized carbons (Fsp3) is 0.800. The van der Waals surface area contributed by atoms with Crippen molar-refractivity contribution >= 4 is 5.96 Å². The summed E-state index contributed by atoms with van der Waals surface area (Å²) < 4.78 is 7.71. The van der Waals surface area contributed by atoms with Crippen LogP contribution in [0.2, 0.25) is 0 Å². The Kier molecular flexibility index (Phi) is 7.87. The minimum atomic E-state index is 0.275. The molecule has 0 fully saturated rings. The molecule has 0 amide bonds. The van der Waals surface area contributed by atoms with Gasteiger partial charge in [-0.15, -0.1) is 10.2 Å². The molecule has 1 atom stereocenters. The molecule has 22 heavy (non-hydrogen) atoms. The van der Waals surface area contributed by atoms with Crippen molar-refractivity contribution in [2.24, 2.45) is 18.0 Å². The summed E-state index contributed by atoms with van der Waals surface area (Å²) in [4.78, 5) is 4.22. The molecule has 1 aromatic heterocycles. The van der Waals surface area contributed by atoms with Gasteiger partial charge >= 0.3 is 0 Å². The average Bonchev–Trinajstić information content (AvgIpc) is 2.81. The molecule has 0 aliphatic rings. The number of aliphatic imine (C=N–C) groups is 1. The Morgan fingerprint density at radius 3 is 2.55 bits per heavy atom. The molecule has 0 aliphatic carbocycles. The van der Waals surface area contributed by atoms with Crippen LogP contribution in [-0.4, -0.2) is 47.0 Å². The summed E-state index contributed by atoms with van der Waals surface area (Å²) in [5, 5.41) is 14.7. The largest absolute Gasteiger partial charge is 0.378 e. The number of aromatic nitrogens is 3. The van der Waals surface area contributed by atoms with Crippen molar-refractivity contribution in [2.45, 2.75) is 46.8 Å². The zero-order chi connectivity index (χ0) is 16.5. The molecule has 7 nitrogen and oxygen atoms in total. The summed E-state index contributed by atoms with van der Waals surface area (Å²) in [6, 6.07) is 0. The van der Waals surface area contributed by atoms with E-state index in [9.17, 15) is 0 Å². The molecule has 1 heterocycles. The van der Waals surface area contributed by atoms with Gasteiger partial charge in [-0.1, -0.05) is 13.8 Å². The number of guanidine groups is 1. The van der Waals surface area contributed by atoms with Crippen molar-refractivity contribution in [3.63, 3.8) is 0 Å². The van der Waals surface area contributed by atoms with Crippen LogP contribution in [0.3, 0.4) is 0 Å². The van der Waals surface area contributed by atoms with Crippen molar-refractivity contribution in [3.8, 4) is 0 Å². The first-order chi connectivity index (χ1) is 10.5. The number of hydrogen-bond acceptors (Lipinski definition) is 4. The van der Waals surface area contributed by atoms with Gasteiger partial charge in [0.05, 0.1) is 12.6 Å². The summed E-state index contributed by atoms with van der Waals surface area (Å²) in [5.41, 5.74) is 0. The number of aryl methyl sites for hydroxylation is 1. The minimum absolute atomic E-state index is 0.275. The third kappa shape index (κ3) is 5.63. The lowest BCUT2D eigenvalue weighted by atomic mass is 10.0. The highest BCUT2D eigenvalue weighted by Crippen LogP contribution is 2.09. The Bertz CT molecular complexity index is 469. The van der Waals surface area contributed by atoms with Crippen LogP contribution in [0.1, 0.15) is 38.8 Å². The van der Waals surface area contributed by atoms with Gasteiger partial charge < -0.3 is 19.9 Å². The van der Waals surface area contributed by atoms with Crippen molar-refractivity contribution in [1.29, 1.82) is 0 Å². The van der Waals surface area contributed by atoms with E-state index in [0.717, 1.165) is 37.2 Å². The van der Waals surface area contributed by atoms with Gasteiger partial charge in [-0.3, -0.25) is 4.99 Å². The molecular formula is C15H30N6O. The van der Waals surface area contributed by atoms with Crippen molar-refractivity contribution in [2.75, 3.05) is 20.2 Å². The number of nitrogens with zero attached hydrogens (tertiary/aromatic N) is 4. The van der Waals surface area contributed by atoms with E-state index in [1.807, 2.05) is 25.5 Å². The maximum atomic E-state index is 5.74. The van der Waals surface area contributed by atoms with Gasteiger partial charge in [0.2, 0.25) is 0 Å². The number of nitrogens with one attached hydrogen (secondary N) is 2. The van der Waals surface area contributed by atoms with Crippen molar-refractivity contribution < 1.29 is 4.74 Å². The molecule has 1 rings (SSSR count). The highest BCUT2D eigenvalue weighted by atomic mass is 16.5. The fourth-order valence-electron chi connectivity index (χ4n) is 2.14. The lowest BCUT2D eigenvalue weighted by Gasteiger charge is -2.21.